The minimum absolute atomic E-state index is 0.00893. The van der Waals surface area contributed by atoms with Crippen LogP contribution in [-0.2, 0) is 9.59 Å². The van der Waals surface area contributed by atoms with Gasteiger partial charge in [0.1, 0.15) is 0 Å². The first-order valence-electron chi connectivity index (χ1n) is 17.5. The predicted molar refractivity (Wildman–Crippen MR) is 200 cm³/mol. The molecular formula is C37H55N5O12. The van der Waals surface area contributed by atoms with Gasteiger partial charge in [-0.05, 0) is 87.4 Å². The Balaban J connectivity index is 2.46. The molecule has 54 heavy (non-hydrogen) atoms. The molecule has 0 aliphatic heterocycles. The third kappa shape index (κ3) is 10.8. The van der Waals surface area contributed by atoms with Crippen molar-refractivity contribution in [3.05, 3.63) is 55.6 Å². The molecule has 0 heterocycles. The van der Waals surface area contributed by atoms with Crippen LogP contribution in [0.3, 0.4) is 0 Å². The van der Waals surface area contributed by atoms with Crippen LogP contribution in [0.5, 0.6) is 0 Å². The summed E-state index contributed by atoms with van der Waals surface area (Å²) in [4.78, 5) is 67.1. The van der Waals surface area contributed by atoms with Crippen molar-refractivity contribution in [1.29, 1.82) is 0 Å². The summed E-state index contributed by atoms with van der Waals surface area (Å²) in [7, 11) is 0. The SMILES string of the molecule is Cc1c(C)c(C(=O)NCC(O)CO)c(C)c(N(C=O)CC(O)CC(O)CN(C=O)c2c(C)c(C(=O)NCCO)c(C)c(C(=O)NCC(O)CO)c2C)c1C. The molecule has 0 fully saturated rings. The molecule has 0 aromatic heterocycles. The molecule has 17 heteroatoms. The Bertz CT molecular complexity index is 1680. The second kappa shape index (κ2) is 20.8. The van der Waals surface area contributed by atoms with E-state index in [4.69, 9.17) is 5.11 Å². The first-order valence-corrected chi connectivity index (χ1v) is 17.5. The molecule has 0 aliphatic rings. The molecule has 0 spiro atoms. The second-order valence-electron chi connectivity index (χ2n) is 13.3. The summed E-state index contributed by atoms with van der Waals surface area (Å²) in [6, 6.07) is 0. The maximum atomic E-state index is 13.4. The normalized spacial score (nSPS) is 13.4. The molecular weight excluding hydrogens is 706 g/mol. The van der Waals surface area contributed by atoms with E-state index in [0.717, 1.165) is 4.90 Å². The molecule has 5 amide bonds. The molecule has 2 rings (SSSR count). The Kier molecular flexibility index (Phi) is 17.6. The van der Waals surface area contributed by atoms with E-state index in [1.807, 2.05) is 0 Å². The van der Waals surface area contributed by atoms with Gasteiger partial charge in [0.25, 0.3) is 17.7 Å². The Hall–Kier alpha value is -4.49. The van der Waals surface area contributed by atoms with E-state index in [-0.39, 0.29) is 78.3 Å². The van der Waals surface area contributed by atoms with E-state index < -0.39 is 61.9 Å². The van der Waals surface area contributed by atoms with Crippen LogP contribution in [0.2, 0.25) is 0 Å². The fourth-order valence-corrected chi connectivity index (χ4v) is 6.69. The summed E-state index contributed by atoms with van der Waals surface area (Å²) in [5.74, 6) is -1.87. The smallest absolute Gasteiger partial charge is 0.252 e. The number of aliphatic hydroxyl groups excluding tert-OH is 7. The van der Waals surface area contributed by atoms with E-state index in [0.29, 0.717) is 40.8 Å². The van der Waals surface area contributed by atoms with Gasteiger partial charge in [-0.3, -0.25) is 24.0 Å². The highest BCUT2D eigenvalue weighted by Crippen LogP contribution is 2.35. The van der Waals surface area contributed by atoms with Crippen LogP contribution >= 0.6 is 0 Å². The molecule has 4 atom stereocenters. The Morgan fingerprint density at radius 1 is 0.537 bits per heavy atom. The Morgan fingerprint density at radius 3 is 1.28 bits per heavy atom. The van der Waals surface area contributed by atoms with Crippen molar-refractivity contribution in [2.24, 2.45) is 0 Å². The van der Waals surface area contributed by atoms with Gasteiger partial charge in [0.2, 0.25) is 12.8 Å². The molecule has 0 bridgehead atoms. The number of rotatable bonds is 21. The number of hydrogen-bond acceptors (Lipinski definition) is 12. The highest BCUT2D eigenvalue weighted by Gasteiger charge is 2.30. The molecule has 0 saturated carbocycles. The third-order valence-corrected chi connectivity index (χ3v) is 9.48. The van der Waals surface area contributed by atoms with Crippen LogP contribution in [0.15, 0.2) is 0 Å². The summed E-state index contributed by atoms with van der Waals surface area (Å²) in [5.41, 5.74) is 4.02. The van der Waals surface area contributed by atoms with Gasteiger partial charge in [0, 0.05) is 42.7 Å². The van der Waals surface area contributed by atoms with E-state index in [2.05, 4.69) is 16.0 Å². The van der Waals surface area contributed by atoms with Gasteiger partial charge in [-0.25, -0.2) is 0 Å². The van der Waals surface area contributed by atoms with Gasteiger partial charge in [-0.15, -0.1) is 0 Å². The topological polar surface area (TPSA) is 270 Å². The van der Waals surface area contributed by atoms with Crippen molar-refractivity contribution in [2.75, 3.05) is 62.3 Å². The van der Waals surface area contributed by atoms with Crippen LogP contribution < -0.4 is 25.8 Å². The molecule has 0 radical (unpaired) electrons. The molecule has 0 saturated heterocycles. The molecule has 4 unspecified atom stereocenters. The van der Waals surface area contributed by atoms with E-state index in [1.165, 1.54) is 11.8 Å². The van der Waals surface area contributed by atoms with Crippen molar-refractivity contribution in [3.8, 4) is 0 Å². The number of benzene rings is 2. The van der Waals surface area contributed by atoms with Crippen LogP contribution in [0.25, 0.3) is 0 Å². The Labute approximate surface area is 314 Å². The van der Waals surface area contributed by atoms with Crippen molar-refractivity contribution < 1.29 is 59.7 Å². The lowest BCUT2D eigenvalue weighted by atomic mass is 9.89. The lowest BCUT2D eigenvalue weighted by molar-refractivity contribution is -0.108. The lowest BCUT2D eigenvalue weighted by Crippen LogP contribution is -2.40. The van der Waals surface area contributed by atoms with Crippen LogP contribution in [0.1, 0.15) is 76.4 Å². The third-order valence-electron chi connectivity index (χ3n) is 9.48. The van der Waals surface area contributed by atoms with Crippen molar-refractivity contribution in [1.82, 2.24) is 16.0 Å². The zero-order chi connectivity index (χ0) is 41.0. The van der Waals surface area contributed by atoms with Crippen molar-refractivity contribution >= 4 is 41.9 Å². The fourth-order valence-electron chi connectivity index (χ4n) is 6.69. The number of amides is 5. The minimum atomic E-state index is -1.39. The standard InChI is InChI=1S/C37H55N5O12/c1-19-20(2)30(36(53)39-11-28(50)15-44)23(5)33(21(19)3)41(17-46)13-26(48)10-27(49)14-42(18-47)34-24(6)31(35(52)38-8-9-43)22(4)32(25(34)7)37(54)40-12-29(51)16-45/h17-18,26-29,43-45,48-51H,8-16H2,1-7H3,(H,38,52)(H,39,53)(H,40,54). The summed E-state index contributed by atoms with van der Waals surface area (Å²) < 4.78 is 0. The monoisotopic (exact) mass is 761 g/mol. The van der Waals surface area contributed by atoms with E-state index in [9.17, 15) is 54.6 Å². The van der Waals surface area contributed by atoms with Gasteiger partial charge in [-0.2, -0.15) is 0 Å². The zero-order valence-corrected chi connectivity index (χ0v) is 31.9. The molecule has 17 nitrogen and oxygen atoms in total. The van der Waals surface area contributed by atoms with Gasteiger partial charge < -0.3 is 61.5 Å². The van der Waals surface area contributed by atoms with Crippen molar-refractivity contribution in [3.63, 3.8) is 0 Å². The summed E-state index contributed by atoms with van der Waals surface area (Å²) in [6.45, 7) is 8.70. The first-order chi connectivity index (χ1) is 25.4. The molecule has 0 aliphatic carbocycles. The second-order valence-corrected chi connectivity index (χ2v) is 13.3. The molecule has 2 aromatic rings. The number of carbonyl (C=O) groups excluding carboxylic acids is 5. The van der Waals surface area contributed by atoms with Gasteiger partial charge in [0.05, 0.1) is 68.7 Å². The average molecular weight is 762 g/mol. The average Bonchev–Trinajstić information content (AvgIpc) is 3.12. The first kappa shape index (κ1) is 45.7. The van der Waals surface area contributed by atoms with Crippen molar-refractivity contribution in [2.45, 2.75) is 79.3 Å². The van der Waals surface area contributed by atoms with Crippen LogP contribution in [-0.4, -0.2) is 143 Å². The summed E-state index contributed by atoms with van der Waals surface area (Å²) >= 11 is 0. The minimum Gasteiger partial charge on any atom is -0.395 e. The number of nitrogens with zero attached hydrogens (tertiary/aromatic N) is 2. The largest absolute Gasteiger partial charge is 0.395 e. The van der Waals surface area contributed by atoms with Crippen LogP contribution in [0.4, 0.5) is 11.4 Å². The molecule has 2 aromatic carbocycles. The predicted octanol–water partition coefficient (Wildman–Crippen LogP) is -1.53. The molecule has 10 N–H and O–H groups in total. The maximum Gasteiger partial charge on any atom is 0.252 e. The number of nitrogens with one attached hydrogen (secondary N) is 3. The number of aliphatic hydroxyl groups is 7. The zero-order valence-electron chi connectivity index (χ0n) is 31.9. The van der Waals surface area contributed by atoms with Gasteiger partial charge in [-0.1, -0.05) is 0 Å². The fraction of sp³-hybridized carbons (Fsp3) is 0.541. The van der Waals surface area contributed by atoms with Gasteiger partial charge in [0.15, 0.2) is 0 Å². The van der Waals surface area contributed by atoms with Gasteiger partial charge >= 0.3 is 0 Å². The molecule has 300 valence electrons. The number of anilines is 2. The summed E-state index contributed by atoms with van der Waals surface area (Å²) in [6.07, 6.45) is -4.58. The summed E-state index contributed by atoms with van der Waals surface area (Å²) in [5, 5.41) is 77.0. The maximum absolute atomic E-state index is 13.4. The van der Waals surface area contributed by atoms with E-state index in [1.54, 1.807) is 41.5 Å². The quantitative estimate of drug-likeness (QED) is 0.0650. The Morgan fingerprint density at radius 2 is 0.907 bits per heavy atom. The number of hydrogen-bond donors (Lipinski definition) is 10. The highest BCUT2D eigenvalue weighted by molar-refractivity contribution is 6.07. The highest BCUT2D eigenvalue weighted by atomic mass is 16.3. The van der Waals surface area contributed by atoms with Crippen LogP contribution in [0, 0.1) is 48.5 Å². The number of carbonyl (C=O) groups is 5. The lowest BCUT2D eigenvalue weighted by Gasteiger charge is -2.30. The van der Waals surface area contributed by atoms with E-state index >= 15 is 0 Å².